The number of nitrogens with zero attached hydrogens (tertiary/aromatic N) is 3. The molecule has 2 aliphatic heterocycles. The Labute approximate surface area is 172 Å². The molecule has 0 spiro atoms. The smallest absolute Gasteiger partial charge is 0.191 e. The molecule has 0 amide bonds. The van der Waals surface area contributed by atoms with Crippen LogP contribution in [0.15, 0.2) is 4.99 Å². The Morgan fingerprint density at radius 3 is 2.24 bits per heavy atom. The van der Waals surface area contributed by atoms with E-state index in [1.807, 2.05) is 7.05 Å². The van der Waals surface area contributed by atoms with Gasteiger partial charge in [0.05, 0.1) is 0 Å². The second kappa shape index (κ2) is 11.6. The summed E-state index contributed by atoms with van der Waals surface area (Å²) in [5.74, 6) is 1.69. The molecule has 2 saturated heterocycles. The fourth-order valence-electron chi connectivity index (χ4n) is 3.96. The van der Waals surface area contributed by atoms with E-state index in [0.717, 1.165) is 25.0 Å². The van der Waals surface area contributed by atoms with Gasteiger partial charge in [-0.15, -0.1) is 24.0 Å². The lowest BCUT2D eigenvalue weighted by atomic mass is 9.84. The molecular formula is C19H40IN5. The summed E-state index contributed by atoms with van der Waals surface area (Å²) in [5, 5.41) is 7.12. The van der Waals surface area contributed by atoms with E-state index in [0.29, 0.717) is 5.54 Å². The van der Waals surface area contributed by atoms with Gasteiger partial charge in [-0.05, 0) is 71.2 Å². The summed E-state index contributed by atoms with van der Waals surface area (Å²) < 4.78 is 0. The van der Waals surface area contributed by atoms with Gasteiger partial charge < -0.3 is 15.5 Å². The largest absolute Gasteiger partial charge is 0.356 e. The van der Waals surface area contributed by atoms with Gasteiger partial charge in [-0.2, -0.15) is 0 Å². The molecule has 6 heteroatoms. The summed E-state index contributed by atoms with van der Waals surface area (Å²) in [6.45, 7) is 11.5. The number of aliphatic imine (C=N–C) groups is 1. The predicted octanol–water partition coefficient (Wildman–Crippen LogP) is 2.77. The van der Waals surface area contributed by atoms with Crippen LogP contribution in [0.1, 0.15) is 52.4 Å². The molecule has 0 aliphatic carbocycles. The van der Waals surface area contributed by atoms with Crippen molar-refractivity contribution in [3.05, 3.63) is 0 Å². The minimum Gasteiger partial charge on any atom is -0.356 e. The molecule has 0 aromatic rings. The summed E-state index contributed by atoms with van der Waals surface area (Å²) >= 11 is 0. The number of rotatable bonds is 6. The highest BCUT2D eigenvalue weighted by molar-refractivity contribution is 14.0. The van der Waals surface area contributed by atoms with Gasteiger partial charge in [0.25, 0.3) is 0 Å². The van der Waals surface area contributed by atoms with Gasteiger partial charge in [-0.1, -0.05) is 20.3 Å². The van der Waals surface area contributed by atoms with Crippen molar-refractivity contribution in [2.75, 3.05) is 53.4 Å². The normalized spacial score (nSPS) is 22.5. The fourth-order valence-corrected chi connectivity index (χ4v) is 3.96. The van der Waals surface area contributed by atoms with Crippen molar-refractivity contribution in [2.24, 2.45) is 10.9 Å². The van der Waals surface area contributed by atoms with Gasteiger partial charge >= 0.3 is 0 Å². The van der Waals surface area contributed by atoms with E-state index in [9.17, 15) is 0 Å². The van der Waals surface area contributed by atoms with Crippen molar-refractivity contribution in [3.63, 3.8) is 0 Å². The molecule has 2 N–H and O–H groups in total. The minimum absolute atomic E-state index is 0. The number of guanidine groups is 1. The number of hydrogen-bond donors (Lipinski definition) is 2. The third kappa shape index (κ3) is 7.21. The van der Waals surface area contributed by atoms with E-state index in [4.69, 9.17) is 0 Å². The molecule has 2 heterocycles. The molecule has 25 heavy (non-hydrogen) atoms. The van der Waals surface area contributed by atoms with Crippen molar-refractivity contribution < 1.29 is 0 Å². The molecule has 5 nitrogen and oxygen atoms in total. The van der Waals surface area contributed by atoms with Crippen LogP contribution in [-0.4, -0.2) is 74.7 Å². The monoisotopic (exact) mass is 465 g/mol. The highest BCUT2D eigenvalue weighted by Gasteiger charge is 2.39. The van der Waals surface area contributed by atoms with E-state index >= 15 is 0 Å². The van der Waals surface area contributed by atoms with Crippen molar-refractivity contribution in [1.29, 1.82) is 0 Å². The Morgan fingerprint density at radius 2 is 1.68 bits per heavy atom. The number of likely N-dealkylation sites (tertiary alicyclic amines) is 2. The Balaban J connectivity index is 0.00000312. The molecule has 0 aromatic carbocycles. The maximum atomic E-state index is 4.43. The molecular weight excluding hydrogens is 425 g/mol. The van der Waals surface area contributed by atoms with Crippen LogP contribution in [0.4, 0.5) is 0 Å². The van der Waals surface area contributed by atoms with Crippen LogP contribution in [0.5, 0.6) is 0 Å². The molecule has 148 valence electrons. The lowest BCUT2D eigenvalue weighted by Gasteiger charge is -2.50. The van der Waals surface area contributed by atoms with Crippen LogP contribution >= 0.6 is 24.0 Å². The first kappa shape index (κ1) is 23.0. The highest BCUT2D eigenvalue weighted by atomic mass is 127. The molecule has 0 unspecified atom stereocenters. The molecule has 0 atom stereocenters. The molecule has 2 aliphatic rings. The van der Waals surface area contributed by atoms with Crippen molar-refractivity contribution in [3.8, 4) is 0 Å². The maximum absolute atomic E-state index is 4.43. The summed E-state index contributed by atoms with van der Waals surface area (Å²) in [5.41, 5.74) is 0.308. The SMILES string of the molecule is CN=C(NCCC(C)C)NCC1(N2CCCCC2)CCN(C)CC1.I. The Kier molecular flexibility index (Phi) is 10.6. The Morgan fingerprint density at radius 1 is 1.04 bits per heavy atom. The second-order valence-electron chi connectivity index (χ2n) is 8.11. The van der Waals surface area contributed by atoms with E-state index in [1.54, 1.807) is 0 Å². The van der Waals surface area contributed by atoms with Crippen molar-refractivity contribution in [1.82, 2.24) is 20.4 Å². The van der Waals surface area contributed by atoms with Crippen LogP contribution < -0.4 is 10.6 Å². The standard InChI is InChI=1S/C19H39N5.HI/c1-17(2)8-11-21-18(20-3)22-16-19(9-14-23(4)15-10-19)24-12-6-5-7-13-24;/h17H,5-16H2,1-4H3,(H2,20,21,22);1H. The summed E-state index contributed by atoms with van der Waals surface area (Å²) in [4.78, 5) is 9.67. The summed E-state index contributed by atoms with van der Waals surface area (Å²) in [7, 11) is 4.13. The van der Waals surface area contributed by atoms with Gasteiger partial charge in [0, 0.05) is 25.7 Å². The first-order valence-corrected chi connectivity index (χ1v) is 9.94. The number of halogens is 1. The van der Waals surface area contributed by atoms with Gasteiger partial charge in [0.1, 0.15) is 0 Å². The molecule has 0 bridgehead atoms. The lowest BCUT2D eigenvalue weighted by molar-refractivity contribution is 0.0173. The zero-order chi connectivity index (χ0) is 17.4. The number of piperidine rings is 2. The highest BCUT2D eigenvalue weighted by Crippen LogP contribution is 2.30. The van der Waals surface area contributed by atoms with Crippen LogP contribution in [-0.2, 0) is 0 Å². The first-order valence-electron chi connectivity index (χ1n) is 9.94. The third-order valence-electron chi connectivity index (χ3n) is 5.77. The topological polar surface area (TPSA) is 42.9 Å². The third-order valence-corrected chi connectivity index (χ3v) is 5.77. The van der Waals surface area contributed by atoms with E-state index in [-0.39, 0.29) is 24.0 Å². The number of hydrogen-bond acceptors (Lipinski definition) is 3. The van der Waals surface area contributed by atoms with Gasteiger partial charge in [-0.25, -0.2) is 0 Å². The van der Waals surface area contributed by atoms with Crippen LogP contribution in [0.25, 0.3) is 0 Å². The molecule has 2 fully saturated rings. The second-order valence-corrected chi connectivity index (χ2v) is 8.11. The quantitative estimate of drug-likeness (QED) is 0.360. The predicted molar refractivity (Wildman–Crippen MR) is 119 cm³/mol. The molecule has 2 rings (SSSR count). The van der Waals surface area contributed by atoms with Crippen LogP contribution in [0.3, 0.4) is 0 Å². The van der Waals surface area contributed by atoms with Gasteiger partial charge in [0.15, 0.2) is 5.96 Å². The zero-order valence-electron chi connectivity index (χ0n) is 16.8. The van der Waals surface area contributed by atoms with Crippen LogP contribution in [0, 0.1) is 5.92 Å². The van der Waals surface area contributed by atoms with E-state index < -0.39 is 0 Å². The van der Waals surface area contributed by atoms with E-state index in [2.05, 4.69) is 46.3 Å². The molecule has 0 saturated carbocycles. The minimum atomic E-state index is 0. The summed E-state index contributed by atoms with van der Waals surface area (Å²) in [6, 6.07) is 0. The van der Waals surface area contributed by atoms with Gasteiger partial charge in [-0.3, -0.25) is 9.89 Å². The Bertz CT molecular complexity index is 385. The van der Waals surface area contributed by atoms with Crippen LogP contribution in [0.2, 0.25) is 0 Å². The Hall–Kier alpha value is -0.0800. The van der Waals surface area contributed by atoms with Crippen molar-refractivity contribution >= 4 is 29.9 Å². The molecule has 0 radical (unpaired) electrons. The average molecular weight is 465 g/mol. The lowest BCUT2D eigenvalue weighted by Crippen LogP contribution is -2.62. The number of nitrogens with one attached hydrogen (secondary N) is 2. The van der Waals surface area contributed by atoms with E-state index in [1.165, 1.54) is 64.7 Å². The maximum Gasteiger partial charge on any atom is 0.191 e. The van der Waals surface area contributed by atoms with Gasteiger partial charge in [0.2, 0.25) is 0 Å². The first-order chi connectivity index (χ1) is 11.6. The fraction of sp³-hybridized carbons (Fsp3) is 0.947. The van der Waals surface area contributed by atoms with Crippen molar-refractivity contribution in [2.45, 2.75) is 57.9 Å². The average Bonchev–Trinajstić information content (AvgIpc) is 2.60. The molecule has 0 aromatic heterocycles. The summed E-state index contributed by atoms with van der Waals surface area (Å²) in [6.07, 6.45) is 7.83. The zero-order valence-corrected chi connectivity index (χ0v) is 19.1.